The Balaban J connectivity index is 1.67. The maximum absolute atomic E-state index is 11.6. The van der Waals surface area contributed by atoms with Gasteiger partial charge in [-0.3, -0.25) is 4.79 Å². The highest BCUT2D eigenvalue weighted by atomic mass is 16.1. The lowest BCUT2D eigenvalue weighted by molar-refractivity contribution is -0.120. The lowest BCUT2D eigenvalue weighted by atomic mass is 9.78. The average Bonchev–Trinajstić information content (AvgIpc) is 2.33. The average molecular weight is 232 g/mol. The second kappa shape index (κ2) is 5.32. The number of amides is 1. The van der Waals surface area contributed by atoms with Crippen LogP contribution in [-0.2, 0) is 11.3 Å². The van der Waals surface area contributed by atoms with Crippen LogP contribution in [-0.4, -0.2) is 18.0 Å². The maximum atomic E-state index is 11.6. The fourth-order valence-corrected chi connectivity index (χ4v) is 2.04. The van der Waals surface area contributed by atoms with Crippen molar-refractivity contribution in [1.82, 2.24) is 10.6 Å². The van der Waals surface area contributed by atoms with Crippen molar-refractivity contribution in [2.45, 2.75) is 38.3 Å². The molecule has 17 heavy (non-hydrogen) atoms. The van der Waals surface area contributed by atoms with Crippen LogP contribution in [0.2, 0.25) is 0 Å². The second-order valence-corrected chi connectivity index (χ2v) is 5.03. The quantitative estimate of drug-likeness (QED) is 0.813. The zero-order valence-electron chi connectivity index (χ0n) is 10.3. The largest absolute Gasteiger partial charge is 0.351 e. The lowest BCUT2D eigenvalue weighted by Gasteiger charge is -2.39. The molecule has 0 unspecified atom stereocenters. The molecule has 1 aromatic rings. The Kier molecular flexibility index (Phi) is 3.79. The van der Waals surface area contributed by atoms with Crippen LogP contribution in [0.4, 0.5) is 0 Å². The van der Waals surface area contributed by atoms with E-state index in [0.29, 0.717) is 13.1 Å². The summed E-state index contributed by atoms with van der Waals surface area (Å²) in [5.41, 5.74) is 1.33. The highest BCUT2D eigenvalue weighted by molar-refractivity contribution is 5.78. The van der Waals surface area contributed by atoms with Gasteiger partial charge in [-0.05, 0) is 31.7 Å². The van der Waals surface area contributed by atoms with Gasteiger partial charge in [-0.25, -0.2) is 0 Å². The minimum absolute atomic E-state index is 0.0713. The van der Waals surface area contributed by atoms with Crippen LogP contribution in [0.25, 0.3) is 0 Å². The van der Waals surface area contributed by atoms with Gasteiger partial charge in [0.25, 0.3) is 0 Å². The zero-order valence-corrected chi connectivity index (χ0v) is 10.3. The normalized spacial score (nSPS) is 17.2. The summed E-state index contributed by atoms with van der Waals surface area (Å²) in [6.45, 7) is 3.21. The van der Waals surface area contributed by atoms with Crippen LogP contribution in [0.5, 0.6) is 0 Å². The fourth-order valence-electron chi connectivity index (χ4n) is 2.04. The molecule has 2 rings (SSSR count). The Morgan fingerprint density at radius 3 is 2.59 bits per heavy atom. The summed E-state index contributed by atoms with van der Waals surface area (Å²) >= 11 is 0. The molecule has 0 bridgehead atoms. The molecule has 2 N–H and O–H groups in total. The second-order valence-electron chi connectivity index (χ2n) is 5.03. The van der Waals surface area contributed by atoms with E-state index in [2.05, 4.69) is 17.6 Å². The van der Waals surface area contributed by atoms with Gasteiger partial charge in [-0.1, -0.05) is 30.3 Å². The third kappa shape index (κ3) is 3.56. The van der Waals surface area contributed by atoms with E-state index in [0.717, 1.165) is 5.56 Å². The third-order valence-electron chi connectivity index (χ3n) is 3.47. The number of carbonyl (C=O) groups excluding carboxylic acids is 1. The van der Waals surface area contributed by atoms with E-state index in [1.807, 2.05) is 30.3 Å². The highest BCUT2D eigenvalue weighted by Gasteiger charge is 2.31. The summed E-state index contributed by atoms with van der Waals surface area (Å²) in [6, 6.07) is 9.97. The summed E-state index contributed by atoms with van der Waals surface area (Å²) in [4.78, 5) is 11.6. The molecular formula is C14H20N2O. The van der Waals surface area contributed by atoms with Gasteiger partial charge in [0.05, 0.1) is 6.54 Å². The molecule has 1 fully saturated rings. The van der Waals surface area contributed by atoms with E-state index < -0.39 is 0 Å². The molecule has 92 valence electrons. The number of benzene rings is 1. The molecule has 0 saturated heterocycles. The van der Waals surface area contributed by atoms with E-state index in [1.165, 1.54) is 19.3 Å². The summed E-state index contributed by atoms with van der Waals surface area (Å²) in [6.07, 6.45) is 3.63. The highest BCUT2D eigenvalue weighted by Crippen LogP contribution is 2.30. The fraction of sp³-hybridized carbons (Fsp3) is 0.500. The lowest BCUT2D eigenvalue weighted by Crippen LogP contribution is -2.51. The Labute approximate surface area is 103 Å². The molecular weight excluding hydrogens is 212 g/mol. The first kappa shape index (κ1) is 12.1. The van der Waals surface area contributed by atoms with Gasteiger partial charge in [0.1, 0.15) is 0 Å². The molecule has 1 aliphatic rings. The van der Waals surface area contributed by atoms with Gasteiger partial charge in [-0.15, -0.1) is 0 Å². The monoisotopic (exact) mass is 232 g/mol. The Morgan fingerprint density at radius 1 is 1.29 bits per heavy atom. The van der Waals surface area contributed by atoms with E-state index >= 15 is 0 Å². The Morgan fingerprint density at radius 2 is 2.00 bits per heavy atom. The van der Waals surface area contributed by atoms with E-state index in [4.69, 9.17) is 0 Å². The van der Waals surface area contributed by atoms with Crippen molar-refractivity contribution >= 4 is 5.91 Å². The van der Waals surface area contributed by atoms with E-state index in [1.54, 1.807) is 0 Å². The van der Waals surface area contributed by atoms with Crippen LogP contribution < -0.4 is 10.6 Å². The molecule has 0 spiro atoms. The van der Waals surface area contributed by atoms with Crippen LogP contribution in [0.1, 0.15) is 31.7 Å². The van der Waals surface area contributed by atoms with Gasteiger partial charge in [0.15, 0.2) is 0 Å². The van der Waals surface area contributed by atoms with E-state index in [-0.39, 0.29) is 11.4 Å². The summed E-state index contributed by atoms with van der Waals surface area (Å²) in [5.74, 6) is 0.0713. The van der Waals surface area contributed by atoms with Crippen molar-refractivity contribution in [1.29, 1.82) is 0 Å². The Bertz CT molecular complexity index is 371. The van der Waals surface area contributed by atoms with Crippen LogP contribution in [0.15, 0.2) is 30.3 Å². The number of carbonyl (C=O) groups is 1. The Hall–Kier alpha value is -1.35. The first-order valence-electron chi connectivity index (χ1n) is 6.24. The first-order chi connectivity index (χ1) is 8.18. The third-order valence-corrected chi connectivity index (χ3v) is 3.47. The van der Waals surface area contributed by atoms with Gasteiger partial charge < -0.3 is 10.6 Å². The summed E-state index contributed by atoms with van der Waals surface area (Å²) in [7, 11) is 0. The van der Waals surface area contributed by atoms with Crippen molar-refractivity contribution in [3.8, 4) is 0 Å². The van der Waals surface area contributed by atoms with Crippen LogP contribution in [0.3, 0.4) is 0 Å². The maximum Gasteiger partial charge on any atom is 0.234 e. The molecule has 1 aliphatic carbocycles. The smallest absolute Gasteiger partial charge is 0.234 e. The number of nitrogens with one attached hydrogen (secondary N) is 2. The van der Waals surface area contributed by atoms with Crippen LogP contribution >= 0.6 is 0 Å². The molecule has 1 aromatic carbocycles. The zero-order chi connectivity index (χ0) is 12.1. The molecule has 0 aliphatic heterocycles. The van der Waals surface area contributed by atoms with E-state index in [9.17, 15) is 4.79 Å². The van der Waals surface area contributed by atoms with Crippen molar-refractivity contribution in [3.05, 3.63) is 35.9 Å². The minimum Gasteiger partial charge on any atom is -0.351 e. The molecule has 3 heteroatoms. The SMILES string of the molecule is CC1(NCC(=O)NCc2ccccc2)CCC1. The first-order valence-corrected chi connectivity index (χ1v) is 6.24. The van der Waals surface area contributed by atoms with Gasteiger partial charge in [0, 0.05) is 12.1 Å². The number of hydrogen-bond donors (Lipinski definition) is 2. The van der Waals surface area contributed by atoms with Gasteiger partial charge in [0.2, 0.25) is 5.91 Å². The standard InChI is InChI=1S/C14H20N2O/c1-14(8-5-9-14)16-11-13(17)15-10-12-6-3-2-4-7-12/h2-4,6-7,16H,5,8-11H2,1H3,(H,15,17). The topological polar surface area (TPSA) is 41.1 Å². The number of rotatable bonds is 5. The van der Waals surface area contributed by atoms with Crippen LogP contribution in [0, 0.1) is 0 Å². The summed E-state index contributed by atoms with van der Waals surface area (Å²) in [5, 5.41) is 6.24. The molecule has 1 saturated carbocycles. The number of hydrogen-bond acceptors (Lipinski definition) is 2. The predicted octanol–water partition coefficient (Wildman–Crippen LogP) is 1.83. The van der Waals surface area contributed by atoms with Gasteiger partial charge >= 0.3 is 0 Å². The molecule has 1 amide bonds. The molecule has 0 aromatic heterocycles. The molecule has 0 radical (unpaired) electrons. The molecule has 0 heterocycles. The molecule has 3 nitrogen and oxygen atoms in total. The summed E-state index contributed by atoms with van der Waals surface area (Å²) < 4.78 is 0. The molecule has 0 atom stereocenters. The van der Waals surface area contributed by atoms with Crippen molar-refractivity contribution < 1.29 is 4.79 Å². The van der Waals surface area contributed by atoms with Gasteiger partial charge in [-0.2, -0.15) is 0 Å². The van der Waals surface area contributed by atoms with Crippen molar-refractivity contribution in [2.24, 2.45) is 0 Å². The van der Waals surface area contributed by atoms with Crippen molar-refractivity contribution in [2.75, 3.05) is 6.54 Å². The van der Waals surface area contributed by atoms with Crippen molar-refractivity contribution in [3.63, 3.8) is 0 Å². The minimum atomic E-state index is 0.0713. The predicted molar refractivity (Wildman–Crippen MR) is 68.5 cm³/mol.